The van der Waals surface area contributed by atoms with E-state index in [1.54, 1.807) is 11.1 Å². The number of nitrogens with one attached hydrogen (secondary N) is 1. The van der Waals surface area contributed by atoms with E-state index in [0.717, 1.165) is 28.1 Å². The second-order valence-corrected chi connectivity index (χ2v) is 11.0. The van der Waals surface area contributed by atoms with Gasteiger partial charge >= 0.3 is 13.2 Å². The predicted octanol–water partition coefficient (Wildman–Crippen LogP) is 4.61. The van der Waals surface area contributed by atoms with Crippen molar-refractivity contribution in [1.82, 2.24) is 14.9 Å². The van der Waals surface area contributed by atoms with Gasteiger partial charge in [-0.15, -0.1) is 0 Å². The molecule has 1 amide bonds. The highest BCUT2D eigenvalue weighted by Crippen LogP contribution is 2.37. The largest absolute Gasteiger partial charge is 0.494 e. The molecule has 0 aliphatic carbocycles. The molecule has 2 aliphatic heterocycles. The second-order valence-electron chi connectivity index (χ2n) is 11.0. The SMILES string of the molecule is C=C1CC(c2ncc(-c3ccc(B4OC(C)(C)C(C)(C)O4)cc3)[nH]2)N(C(=O)OC(C)(C)C)C1. The molecule has 1 aromatic heterocycles. The highest BCUT2D eigenvalue weighted by atomic mass is 16.7. The summed E-state index contributed by atoms with van der Waals surface area (Å²) in [6.07, 6.45) is 2.11. The van der Waals surface area contributed by atoms with Gasteiger partial charge < -0.3 is 19.0 Å². The number of aromatic nitrogens is 2. The van der Waals surface area contributed by atoms with Gasteiger partial charge in [-0.25, -0.2) is 9.78 Å². The number of ether oxygens (including phenoxy) is 1. The molecule has 3 heterocycles. The highest BCUT2D eigenvalue weighted by molar-refractivity contribution is 6.62. The van der Waals surface area contributed by atoms with Gasteiger partial charge in [0.05, 0.1) is 29.1 Å². The van der Waals surface area contributed by atoms with Crippen molar-refractivity contribution in [3.8, 4) is 11.3 Å². The van der Waals surface area contributed by atoms with E-state index < -0.39 is 12.7 Å². The van der Waals surface area contributed by atoms with Crippen LogP contribution in [0.3, 0.4) is 0 Å². The molecule has 1 atom stereocenters. The number of rotatable bonds is 3. The average Bonchev–Trinajstić information content (AvgIpc) is 3.37. The fourth-order valence-electron chi connectivity index (χ4n) is 4.01. The number of carbonyl (C=O) groups excluding carboxylic acids is 1. The third-order valence-electron chi connectivity index (χ3n) is 6.54. The lowest BCUT2D eigenvalue weighted by atomic mass is 9.79. The maximum atomic E-state index is 12.7. The average molecular weight is 451 g/mol. The number of H-pyrrole nitrogens is 1. The van der Waals surface area contributed by atoms with Crippen molar-refractivity contribution in [2.75, 3.05) is 6.54 Å². The Kier molecular flexibility index (Phi) is 5.73. The van der Waals surface area contributed by atoms with Crippen LogP contribution in [0.15, 0.2) is 42.6 Å². The van der Waals surface area contributed by atoms with E-state index in [0.29, 0.717) is 13.0 Å². The summed E-state index contributed by atoms with van der Waals surface area (Å²) >= 11 is 0. The summed E-state index contributed by atoms with van der Waals surface area (Å²) < 4.78 is 17.9. The van der Waals surface area contributed by atoms with E-state index in [2.05, 4.69) is 16.5 Å². The monoisotopic (exact) mass is 451 g/mol. The highest BCUT2D eigenvalue weighted by Gasteiger charge is 2.51. The first-order chi connectivity index (χ1) is 15.3. The van der Waals surface area contributed by atoms with Crippen molar-refractivity contribution in [2.45, 2.75) is 77.7 Å². The van der Waals surface area contributed by atoms with Gasteiger partial charge in [-0.2, -0.15) is 0 Å². The van der Waals surface area contributed by atoms with Crippen LogP contribution in [-0.4, -0.2) is 51.4 Å². The van der Waals surface area contributed by atoms with Crippen LogP contribution in [0, 0.1) is 0 Å². The minimum Gasteiger partial charge on any atom is -0.444 e. The number of carbonyl (C=O) groups is 1. The Bertz CT molecular complexity index is 1040. The van der Waals surface area contributed by atoms with E-state index in [1.807, 2.05) is 72.7 Å². The molecule has 2 saturated heterocycles. The molecule has 0 radical (unpaired) electrons. The van der Waals surface area contributed by atoms with Gasteiger partial charge in [-0.05, 0) is 65.9 Å². The number of hydrogen-bond donors (Lipinski definition) is 1. The molecule has 4 rings (SSSR count). The quantitative estimate of drug-likeness (QED) is 0.545. The summed E-state index contributed by atoms with van der Waals surface area (Å²) in [6.45, 7) is 18.3. The summed E-state index contributed by atoms with van der Waals surface area (Å²) in [7, 11) is -0.395. The Labute approximate surface area is 196 Å². The van der Waals surface area contributed by atoms with Crippen LogP contribution in [0.4, 0.5) is 4.79 Å². The van der Waals surface area contributed by atoms with Crippen molar-refractivity contribution in [3.63, 3.8) is 0 Å². The van der Waals surface area contributed by atoms with Crippen LogP contribution in [0.1, 0.15) is 66.8 Å². The lowest BCUT2D eigenvalue weighted by Crippen LogP contribution is -2.41. The number of hydrogen-bond acceptors (Lipinski definition) is 5. The molecular weight excluding hydrogens is 417 g/mol. The maximum absolute atomic E-state index is 12.7. The Morgan fingerprint density at radius 2 is 1.79 bits per heavy atom. The predicted molar refractivity (Wildman–Crippen MR) is 129 cm³/mol. The van der Waals surface area contributed by atoms with Crippen LogP contribution < -0.4 is 5.46 Å². The second kappa shape index (κ2) is 8.03. The normalized spacial score (nSPS) is 22.2. The third kappa shape index (κ3) is 4.73. The van der Waals surface area contributed by atoms with Crippen molar-refractivity contribution >= 4 is 18.7 Å². The lowest BCUT2D eigenvalue weighted by Gasteiger charge is -2.32. The molecule has 0 saturated carbocycles. The van der Waals surface area contributed by atoms with Gasteiger partial charge in [0.2, 0.25) is 0 Å². The van der Waals surface area contributed by atoms with Crippen molar-refractivity contribution in [2.24, 2.45) is 0 Å². The van der Waals surface area contributed by atoms with E-state index in [4.69, 9.17) is 14.0 Å². The number of benzene rings is 1. The summed E-state index contributed by atoms with van der Waals surface area (Å²) in [5.74, 6) is 0.726. The number of likely N-dealkylation sites (tertiary alicyclic amines) is 1. The lowest BCUT2D eigenvalue weighted by molar-refractivity contribution is 0.00578. The Morgan fingerprint density at radius 3 is 2.36 bits per heavy atom. The minimum absolute atomic E-state index is 0.217. The zero-order valence-corrected chi connectivity index (χ0v) is 20.7. The molecule has 8 heteroatoms. The first-order valence-electron chi connectivity index (χ1n) is 11.4. The van der Waals surface area contributed by atoms with E-state index in [1.165, 1.54) is 0 Å². The van der Waals surface area contributed by atoms with Crippen LogP contribution in [0.25, 0.3) is 11.3 Å². The third-order valence-corrected chi connectivity index (χ3v) is 6.54. The molecule has 0 spiro atoms. The van der Waals surface area contributed by atoms with Crippen molar-refractivity contribution in [1.29, 1.82) is 0 Å². The topological polar surface area (TPSA) is 76.7 Å². The molecule has 2 fully saturated rings. The van der Waals surface area contributed by atoms with Crippen LogP contribution in [-0.2, 0) is 14.0 Å². The van der Waals surface area contributed by atoms with E-state index >= 15 is 0 Å². The van der Waals surface area contributed by atoms with Gasteiger partial charge in [0.15, 0.2) is 0 Å². The Morgan fingerprint density at radius 1 is 1.18 bits per heavy atom. The summed E-state index contributed by atoms with van der Waals surface area (Å²) in [5.41, 5.74) is 2.52. The summed E-state index contributed by atoms with van der Waals surface area (Å²) in [6, 6.07) is 7.86. The Balaban J connectivity index is 1.50. The van der Waals surface area contributed by atoms with Gasteiger partial charge in [0, 0.05) is 6.54 Å². The van der Waals surface area contributed by atoms with Crippen LogP contribution in [0.2, 0.25) is 0 Å². The number of imidazole rings is 1. The van der Waals surface area contributed by atoms with Gasteiger partial charge in [0.25, 0.3) is 0 Å². The molecule has 7 nitrogen and oxygen atoms in total. The molecule has 2 aliphatic rings. The van der Waals surface area contributed by atoms with Crippen molar-refractivity contribution in [3.05, 3.63) is 48.4 Å². The van der Waals surface area contributed by atoms with E-state index in [-0.39, 0.29) is 23.3 Å². The number of amides is 1. The summed E-state index contributed by atoms with van der Waals surface area (Å²) in [4.78, 5) is 22.4. The smallest absolute Gasteiger partial charge is 0.444 e. The molecule has 2 aromatic rings. The molecule has 176 valence electrons. The maximum Gasteiger partial charge on any atom is 0.494 e. The molecule has 1 aromatic carbocycles. The molecule has 33 heavy (non-hydrogen) atoms. The zero-order valence-electron chi connectivity index (χ0n) is 20.7. The first-order valence-corrected chi connectivity index (χ1v) is 11.4. The van der Waals surface area contributed by atoms with Gasteiger partial charge in [-0.1, -0.05) is 36.4 Å². The zero-order chi connectivity index (χ0) is 24.2. The first kappa shape index (κ1) is 23.6. The molecule has 1 unspecified atom stereocenters. The van der Waals surface area contributed by atoms with Gasteiger partial charge in [0.1, 0.15) is 11.4 Å². The number of nitrogens with zero attached hydrogens (tertiary/aromatic N) is 2. The van der Waals surface area contributed by atoms with Crippen molar-refractivity contribution < 1.29 is 18.8 Å². The Hall–Kier alpha value is -2.58. The minimum atomic E-state index is -0.557. The van der Waals surface area contributed by atoms with Crippen LogP contribution in [0.5, 0.6) is 0 Å². The fraction of sp³-hybridized carbons (Fsp3) is 0.520. The standard InChI is InChI=1S/C25H34BN3O4/c1-16-13-20(29(15-16)22(30)31-23(2,3)4)21-27-14-19(28-21)17-9-11-18(12-10-17)26-32-24(5,6)25(7,8)33-26/h9-12,14,20H,1,13,15H2,2-8H3,(H,27,28). The molecule has 1 N–H and O–H groups in total. The number of aromatic amines is 1. The summed E-state index contributed by atoms with van der Waals surface area (Å²) in [5, 5.41) is 0. The molecular formula is C25H34BN3O4. The fourth-order valence-corrected chi connectivity index (χ4v) is 4.01. The van der Waals surface area contributed by atoms with Crippen LogP contribution >= 0.6 is 0 Å². The van der Waals surface area contributed by atoms with Gasteiger partial charge in [-0.3, -0.25) is 4.90 Å². The molecule has 0 bridgehead atoms. The van der Waals surface area contributed by atoms with E-state index in [9.17, 15) is 4.79 Å².